The summed E-state index contributed by atoms with van der Waals surface area (Å²) in [6.45, 7) is 5.18. The fraction of sp³-hybridized carbons (Fsp3) is 0.818. The number of nitrogens with one attached hydrogen (secondary N) is 1. The van der Waals surface area contributed by atoms with Crippen LogP contribution in [0.5, 0.6) is 0 Å². The lowest BCUT2D eigenvalue weighted by molar-refractivity contribution is 0.338. The summed E-state index contributed by atoms with van der Waals surface area (Å²) < 4.78 is 0. The molecule has 2 unspecified atom stereocenters. The van der Waals surface area contributed by atoms with Crippen molar-refractivity contribution < 1.29 is 0 Å². The van der Waals surface area contributed by atoms with Crippen LogP contribution in [0.3, 0.4) is 0 Å². The Bertz CT molecular complexity index is 344. The van der Waals surface area contributed by atoms with Crippen molar-refractivity contribution in [2.24, 2.45) is 34.8 Å². The van der Waals surface area contributed by atoms with E-state index in [1.165, 1.54) is 25.7 Å². The van der Waals surface area contributed by atoms with E-state index in [1.807, 2.05) is 0 Å². The normalized spacial score (nSPS) is 14.4. The fourth-order valence-corrected chi connectivity index (χ4v) is 3.42. The minimum atomic E-state index is 0.725. The van der Waals surface area contributed by atoms with E-state index in [0.29, 0.717) is 0 Å². The third-order valence-electron chi connectivity index (χ3n) is 5.09. The van der Waals surface area contributed by atoms with Crippen LogP contribution in [0.4, 0.5) is 0 Å². The summed E-state index contributed by atoms with van der Waals surface area (Å²) in [7, 11) is 0. The van der Waals surface area contributed by atoms with Gasteiger partial charge in [0.15, 0.2) is 0 Å². The number of hydrogen-bond acceptors (Lipinski definition) is 5. The summed E-state index contributed by atoms with van der Waals surface area (Å²) in [5.74, 6) is 1.46. The van der Waals surface area contributed by atoms with E-state index in [-0.39, 0.29) is 0 Å². The average molecular weight is 382 g/mol. The largest absolute Gasteiger partial charge is 0.330 e. The lowest BCUT2D eigenvalue weighted by Crippen LogP contribution is -2.21. The predicted octanol–water partition coefficient (Wildman–Crippen LogP) is 2.66. The summed E-state index contributed by atoms with van der Waals surface area (Å²) in [5, 5.41) is 3.56. The van der Waals surface area contributed by atoms with Crippen LogP contribution in [0, 0.1) is 11.8 Å². The van der Waals surface area contributed by atoms with E-state index in [4.69, 9.17) is 22.9 Å². The SMILES string of the molecule is NCC/C=C/CCNCCC(CCN)CCC(CCN)CC/C=C/CCN. The van der Waals surface area contributed by atoms with Gasteiger partial charge in [0.05, 0.1) is 0 Å². The first kappa shape index (κ1) is 26.3. The summed E-state index contributed by atoms with van der Waals surface area (Å²) in [6.07, 6.45) is 20.3. The molecule has 0 rings (SSSR count). The van der Waals surface area contributed by atoms with E-state index >= 15 is 0 Å². The smallest absolute Gasteiger partial charge is 0.00143 e. The molecule has 9 N–H and O–H groups in total. The van der Waals surface area contributed by atoms with Gasteiger partial charge in [-0.1, -0.05) is 37.1 Å². The number of nitrogens with two attached hydrogens (primary N) is 4. The minimum absolute atomic E-state index is 0.725. The maximum atomic E-state index is 5.84. The monoisotopic (exact) mass is 381 g/mol. The number of rotatable bonds is 20. The van der Waals surface area contributed by atoms with Gasteiger partial charge in [-0.2, -0.15) is 0 Å². The highest BCUT2D eigenvalue weighted by Gasteiger charge is 2.13. The van der Waals surface area contributed by atoms with Gasteiger partial charge in [-0.05, 0) is 102 Å². The van der Waals surface area contributed by atoms with Crippen molar-refractivity contribution in [3.8, 4) is 0 Å². The summed E-state index contributed by atoms with van der Waals surface area (Å²) in [4.78, 5) is 0. The Balaban J connectivity index is 4.02. The van der Waals surface area contributed by atoms with E-state index < -0.39 is 0 Å². The lowest BCUT2D eigenvalue weighted by Gasteiger charge is -2.21. The van der Waals surface area contributed by atoms with Gasteiger partial charge in [0.2, 0.25) is 0 Å². The molecule has 160 valence electrons. The minimum Gasteiger partial charge on any atom is -0.330 e. The highest BCUT2D eigenvalue weighted by atomic mass is 14.8. The zero-order valence-corrected chi connectivity index (χ0v) is 17.6. The molecule has 0 aliphatic carbocycles. The Morgan fingerprint density at radius 3 is 1.56 bits per heavy atom. The van der Waals surface area contributed by atoms with Crippen molar-refractivity contribution in [2.75, 3.05) is 39.3 Å². The van der Waals surface area contributed by atoms with Crippen LogP contribution >= 0.6 is 0 Å². The molecule has 0 saturated heterocycles. The quantitative estimate of drug-likeness (QED) is 0.164. The molecule has 0 aromatic carbocycles. The fourth-order valence-electron chi connectivity index (χ4n) is 3.42. The van der Waals surface area contributed by atoms with Crippen molar-refractivity contribution in [1.29, 1.82) is 0 Å². The van der Waals surface area contributed by atoms with Crippen LogP contribution in [-0.4, -0.2) is 39.3 Å². The molecule has 0 saturated carbocycles. The molecule has 2 atom stereocenters. The molecular formula is C22H47N5. The molecule has 5 nitrogen and oxygen atoms in total. The Morgan fingerprint density at radius 2 is 1.00 bits per heavy atom. The Morgan fingerprint density at radius 1 is 0.481 bits per heavy atom. The zero-order valence-electron chi connectivity index (χ0n) is 17.6. The number of allylic oxidation sites excluding steroid dienone is 1. The molecule has 5 heteroatoms. The summed E-state index contributed by atoms with van der Waals surface area (Å²) in [6, 6.07) is 0. The van der Waals surface area contributed by atoms with Gasteiger partial charge in [-0.25, -0.2) is 0 Å². The van der Waals surface area contributed by atoms with Gasteiger partial charge in [0, 0.05) is 0 Å². The molecule has 27 heavy (non-hydrogen) atoms. The van der Waals surface area contributed by atoms with E-state index in [2.05, 4.69) is 29.6 Å². The second-order valence-electron chi connectivity index (χ2n) is 7.47. The molecule has 0 amide bonds. The summed E-state index contributed by atoms with van der Waals surface area (Å²) >= 11 is 0. The molecule has 0 spiro atoms. The number of hydrogen-bond donors (Lipinski definition) is 5. The average Bonchev–Trinajstić information content (AvgIpc) is 2.67. The van der Waals surface area contributed by atoms with Gasteiger partial charge in [0.25, 0.3) is 0 Å². The van der Waals surface area contributed by atoms with Crippen molar-refractivity contribution in [1.82, 2.24) is 5.32 Å². The van der Waals surface area contributed by atoms with Crippen molar-refractivity contribution >= 4 is 0 Å². The van der Waals surface area contributed by atoms with Crippen LogP contribution in [0.1, 0.15) is 64.2 Å². The van der Waals surface area contributed by atoms with Gasteiger partial charge in [-0.3, -0.25) is 0 Å². The van der Waals surface area contributed by atoms with Crippen LogP contribution in [0.2, 0.25) is 0 Å². The molecule has 0 aliphatic rings. The first-order valence-electron chi connectivity index (χ1n) is 11.1. The molecule has 0 heterocycles. The Labute approximate surface area is 168 Å². The maximum Gasteiger partial charge on any atom is -0.00143 e. The van der Waals surface area contributed by atoms with E-state index in [1.54, 1.807) is 0 Å². The molecule has 0 aromatic rings. The summed E-state index contributed by atoms with van der Waals surface area (Å²) in [5.41, 5.74) is 22.7. The van der Waals surface area contributed by atoms with Gasteiger partial charge >= 0.3 is 0 Å². The van der Waals surface area contributed by atoms with Crippen LogP contribution in [0.25, 0.3) is 0 Å². The second-order valence-corrected chi connectivity index (χ2v) is 7.47. The van der Waals surface area contributed by atoms with Crippen LogP contribution in [0.15, 0.2) is 24.3 Å². The van der Waals surface area contributed by atoms with Gasteiger partial charge < -0.3 is 28.3 Å². The van der Waals surface area contributed by atoms with E-state index in [9.17, 15) is 0 Å². The van der Waals surface area contributed by atoms with Crippen molar-refractivity contribution in [3.63, 3.8) is 0 Å². The molecule has 0 bridgehead atoms. The zero-order chi connectivity index (χ0) is 20.0. The predicted molar refractivity (Wildman–Crippen MR) is 121 cm³/mol. The molecule has 0 aliphatic heterocycles. The van der Waals surface area contributed by atoms with Crippen molar-refractivity contribution in [2.45, 2.75) is 64.2 Å². The maximum absolute atomic E-state index is 5.84. The lowest BCUT2D eigenvalue weighted by atomic mass is 9.87. The highest BCUT2D eigenvalue weighted by molar-refractivity contribution is 4.83. The first-order chi connectivity index (χ1) is 13.3. The Kier molecular flexibility index (Phi) is 21.0. The molecule has 0 aromatic heterocycles. The third-order valence-corrected chi connectivity index (χ3v) is 5.09. The molecular weight excluding hydrogens is 334 g/mol. The van der Waals surface area contributed by atoms with Crippen molar-refractivity contribution in [3.05, 3.63) is 24.3 Å². The second kappa shape index (κ2) is 21.6. The van der Waals surface area contributed by atoms with Crippen LogP contribution < -0.4 is 28.3 Å². The Hall–Kier alpha value is -0.720. The first-order valence-corrected chi connectivity index (χ1v) is 11.1. The topological polar surface area (TPSA) is 116 Å². The standard InChI is InChI=1S/C22H47N5/c23-15-6-2-1-5-9-21(12-17-25)10-11-22(13-18-26)14-20-27-19-8-4-3-7-16-24/h1-4,21-22,27H,5-20,23-26H2/b2-1+,4-3+. The molecule has 0 radical (unpaired) electrons. The van der Waals surface area contributed by atoms with Crippen LogP contribution in [-0.2, 0) is 0 Å². The third kappa shape index (κ3) is 18.4. The molecule has 0 fully saturated rings. The van der Waals surface area contributed by atoms with Gasteiger partial charge in [0.1, 0.15) is 0 Å². The van der Waals surface area contributed by atoms with E-state index in [0.717, 1.165) is 89.6 Å². The highest BCUT2D eigenvalue weighted by Crippen LogP contribution is 2.23. The van der Waals surface area contributed by atoms with Gasteiger partial charge in [-0.15, -0.1) is 0 Å².